The van der Waals surface area contributed by atoms with Crippen LogP contribution in [0.1, 0.15) is 20.0 Å². The summed E-state index contributed by atoms with van der Waals surface area (Å²) in [5.41, 5.74) is 0.561. The molecule has 6 heteroatoms. The summed E-state index contributed by atoms with van der Waals surface area (Å²) in [6.07, 6.45) is -1.09. The van der Waals surface area contributed by atoms with E-state index in [1.54, 1.807) is 60.0 Å². The van der Waals surface area contributed by atoms with Gasteiger partial charge in [-0.15, -0.1) is 11.3 Å². The first kappa shape index (κ1) is 16.9. The number of halogens is 1. The van der Waals surface area contributed by atoms with E-state index in [0.29, 0.717) is 10.4 Å². The van der Waals surface area contributed by atoms with Gasteiger partial charge in [-0.05, 0) is 23.6 Å². The number of Topliss-reactive ketones (excluding diaryl/α,β-unsaturated/α-hetero) is 1. The number of para-hydroxylation sites is 1. The maximum Gasteiger partial charge on any atom is 0.263 e. The van der Waals surface area contributed by atoms with Gasteiger partial charge in [0, 0.05) is 5.56 Å². The highest BCUT2D eigenvalue weighted by molar-refractivity contribution is 7.12. The number of hydrogen-bond donors (Lipinski definition) is 2. The predicted octanol–water partition coefficient (Wildman–Crippen LogP) is 3.94. The summed E-state index contributed by atoms with van der Waals surface area (Å²) < 4.78 is 13.9. The number of thiophene rings is 1. The molecule has 0 aliphatic carbocycles. The average molecular weight is 354 g/mol. The normalized spacial score (nSPS) is 11.6. The Morgan fingerprint density at radius 1 is 0.920 bits per heavy atom. The van der Waals surface area contributed by atoms with Crippen molar-refractivity contribution in [3.05, 3.63) is 88.4 Å². The number of carbonyl (C=O) groups is 2. The van der Waals surface area contributed by atoms with Gasteiger partial charge in [0.1, 0.15) is 5.82 Å². The number of ketones is 1. The van der Waals surface area contributed by atoms with Crippen LogP contribution in [0, 0.1) is 5.82 Å². The molecule has 2 N–H and O–H groups in total. The molecular weight excluding hydrogens is 339 g/mol. The molecule has 0 bridgehead atoms. The highest BCUT2D eigenvalue weighted by Crippen LogP contribution is 2.16. The quantitative estimate of drug-likeness (QED) is 0.521. The lowest BCUT2D eigenvalue weighted by molar-refractivity contribution is 0.0871. The zero-order chi connectivity index (χ0) is 17.6. The minimum Gasteiger partial charge on any atom is -0.356 e. The van der Waals surface area contributed by atoms with Gasteiger partial charge in [-0.2, -0.15) is 0 Å². The molecule has 0 spiro atoms. The standard InChI is InChI=1S/C19H15FN2O2S/c20-14-9-4-5-10-15(14)21-18(17(23)13-7-2-1-3-8-13)22-19(24)16-11-6-12-25-16/h1-12,18,21H,(H,22,24)/t18-/m1/s1. The van der Waals surface area contributed by atoms with Crippen LogP contribution in [0.25, 0.3) is 0 Å². The van der Waals surface area contributed by atoms with Gasteiger partial charge in [0.2, 0.25) is 5.78 Å². The van der Waals surface area contributed by atoms with Gasteiger partial charge >= 0.3 is 0 Å². The number of rotatable bonds is 6. The maximum absolute atomic E-state index is 13.9. The van der Waals surface area contributed by atoms with Crippen molar-refractivity contribution in [2.75, 3.05) is 5.32 Å². The number of amides is 1. The molecule has 4 nitrogen and oxygen atoms in total. The minimum atomic E-state index is -1.09. The number of hydrogen-bond acceptors (Lipinski definition) is 4. The van der Waals surface area contributed by atoms with Gasteiger partial charge in [-0.25, -0.2) is 4.39 Å². The third kappa shape index (κ3) is 4.10. The second kappa shape index (κ2) is 7.72. The van der Waals surface area contributed by atoms with Crippen LogP contribution in [-0.2, 0) is 0 Å². The Labute approximate surface area is 148 Å². The van der Waals surface area contributed by atoms with E-state index in [4.69, 9.17) is 0 Å². The predicted molar refractivity (Wildman–Crippen MR) is 96.4 cm³/mol. The number of benzene rings is 2. The summed E-state index contributed by atoms with van der Waals surface area (Å²) in [6.45, 7) is 0. The molecule has 2 aromatic carbocycles. The smallest absolute Gasteiger partial charge is 0.263 e. The molecule has 3 aromatic rings. The molecule has 126 valence electrons. The molecule has 1 atom stereocenters. The lowest BCUT2D eigenvalue weighted by atomic mass is 10.1. The minimum absolute atomic E-state index is 0.142. The van der Waals surface area contributed by atoms with E-state index in [0.717, 1.165) is 0 Å². The Morgan fingerprint density at radius 2 is 1.64 bits per heavy atom. The largest absolute Gasteiger partial charge is 0.356 e. The molecule has 0 unspecified atom stereocenters. The van der Waals surface area contributed by atoms with Gasteiger partial charge in [-0.3, -0.25) is 9.59 Å². The van der Waals surface area contributed by atoms with Crippen LogP contribution >= 0.6 is 11.3 Å². The van der Waals surface area contributed by atoms with Crippen molar-refractivity contribution in [3.8, 4) is 0 Å². The SMILES string of the molecule is O=C(N[C@@H](Nc1ccccc1F)C(=O)c1ccccc1)c1cccs1. The topological polar surface area (TPSA) is 58.2 Å². The zero-order valence-electron chi connectivity index (χ0n) is 13.1. The summed E-state index contributed by atoms with van der Waals surface area (Å²) in [5, 5.41) is 7.20. The van der Waals surface area contributed by atoms with Crippen LogP contribution in [0.15, 0.2) is 72.1 Å². The highest BCUT2D eigenvalue weighted by atomic mass is 32.1. The molecule has 1 amide bonds. The number of anilines is 1. The van der Waals surface area contributed by atoms with Crippen molar-refractivity contribution in [2.24, 2.45) is 0 Å². The van der Waals surface area contributed by atoms with Crippen molar-refractivity contribution in [1.82, 2.24) is 5.32 Å². The van der Waals surface area contributed by atoms with Gasteiger partial charge < -0.3 is 10.6 Å². The van der Waals surface area contributed by atoms with E-state index in [1.807, 2.05) is 0 Å². The summed E-state index contributed by atoms with van der Waals surface area (Å²) in [6, 6.07) is 18.0. The molecule has 0 saturated heterocycles. The van der Waals surface area contributed by atoms with Gasteiger partial charge in [0.25, 0.3) is 5.91 Å². The van der Waals surface area contributed by atoms with Crippen LogP contribution < -0.4 is 10.6 Å². The van der Waals surface area contributed by atoms with E-state index in [2.05, 4.69) is 10.6 Å². The van der Waals surface area contributed by atoms with Crippen molar-refractivity contribution < 1.29 is 14.0 Å². The van der Waals surface area contributed by atoms with Crippen molar-refractivity contribution >= 4 is 28.7 Å². The number of nitrogens with one attached hydrogen (secondary N) is 2. The summed E-state index contributed by atoms with van der Waals surface area (Å²) in [7, 11) is 0. The fraction of sp³-hybridized carbons (Fsp3) is 0.0526. The van der Waals surface area contributed by atoms with Crippen molar-refractivity contribution in [2.45, 2.75) is 6.17 Å². The average Bonchev–Trinajstić information content (AvgIpc) is 3.18. The van der Waals surface area contributed by atoms with E-state index >= 15 is 0 Å². The Kier molecular flexibility index (Phi) is 5.20. The number of carbonyl (C=O) groups excluding carboxylic acids is 2. The molecule has 0 fully saturated rings. The monoisotopic (exact) mass is 354 g/mol. The third-order valence-electron chi connectivity index (χ3n) is 3.51. The van der Waals surface area contributed by atoms with Crippen LogP contribution in [0.2, 0.25) is 0 Å². The van der Waals surface area contributed by atoms with Crippen LogP contribution in [0.5, 0.6) is 0 Å². The molecule has 0 aliphatic rings. The van der Waals surface area contributed by atoms with Crippen LogP contribution in [-0.4, -0.2) is 17.9 Å². The lowest BCUT2D eigenvalue weighted by Crippen LogP contribution is -2.46. The third-order valence-corrected chi connectivity index (χ3v) is 4.38. The lowest BCUT2D eigenvalue weighted by Gasteiger charge is -2.20. The summed E-state index contributed by atoms with van der Waals surface area (Å²) in [4.78, 5) is 25.6. The van der Waals surface area contributed by atoms with E-state index < -0.39 is 17.9 Å². The molecule has 0 radical (unpaired) electrons. The fourth-order valence-corrected chi connectivity index (χ4v) is 2.91. The molecular formula is C19H15FN2O2S. The van der Waals surface area contributed by atoms with Gasteiger partial charge in [0.15, 0.2) is 6.17 Å². The van der Waals surface area contributed by atoms with Gasteiger partial charge in [0.05, 0.1) is 10.6 Å². The molecule has 1 aromatic heterocycles. The highest BCUT2D eigenvalue weighted by Gasteiger charge is 2.23. The Morgan fingerprint density at radius 3 is 2.32 bits per heavy atom. The summed E-state index contributed by atoms with van der Waals surface area (Å²) >= 11 is 1.26. The first-order valence-electron chi connectivity index (χ1n) is 7.60. The maximum atomic E-state index is 13.9. The Balaban J connectivity index is 1.86. The van der Waals surface area contributed by atoms with E-state index in [-0.39, 0.29) is 11.5 Å². The Bertz CT molecular complexity index is 866. The Hall–Kier alpha value is -2.99. The molecule has 1 heterocycles. The molecule has 0 saturated carbocycles. The second-order valence-electron chi connectivity index (χ2n) is 5.24. The van der Waals surface area contributed by atoms with E-state index in [9.17, 15) is 14.0 Å². The van der Waals surface area contributed by atoms with Gasteiger partial charge in [-0.1, -0.05) is 48.5 Å². The van der Waals surface area contributed by atoms with Crippen molar-refractivity contribution in [1.29, 1.82) is 0 Å². The van der Waals surface area contributed by atoms with Crippen LogP contribution in [0.4, 0.5) is 10.1 Å². The van der Waals surface area contributed by atoms with Crippen molar-refractivity contribution in [3.63, 3.8) is 0 Å². The summed E-state index contributed by atoms with van der Waals surface area (Å²) in [5.74, 6) is -1.25. The first-order chi connectivity index (χ1) is 12.1. The molecule has 25 heavy (non-hydrogen) atoms. The van der Waals surface area contributed by atoms with E-state index in [1.165, 1.54) is 23.5 Å². The molecule has 3 rings (SSSR count). The second-order valence-corrected chi connectivity index (χ2v) is 6.19. The molecule has 0 aliphatic heterocycles. The first-order valence-corrected chi connectivity index (χ1v) is 8.48. The van der Waals surface area contributed by atoms with Crippen LogP contribution in [0.3, 0.4) is 0 Å². The zero-order valence-corrected chi connectivity index (χ0v) is 13.9. The fourth-order valence-electron chi connectivity index (χ4n) is 2.28.